The van der Waals surface area contributed by atoms with Crippen molar-refractivity contribution in [2.24, 2.45) is 0 Å². The quantitative estimate of drug-likeness (QED) is 0.458. The highest BCUT2D eigenvalue weighted by Crippen LogP contribution is 2.30. The van der Waals surface area contributed by atoms with Gasteiger partial charge in [0.1, 0.15) is 11.6 Å². The van der Waals surface area contributed by atoms with Crippen molar-refractivity contribution in [3.63, 3.8) is 0 Å². The van der Waals surface area contributed by atoms with E-state index in [0.717, 1.165) is 9.54 Å². The van der Waals surface area contributed by atoms with E-state index in [2.05, 4.69) is 4.98 Å². The third kappa shape index (κ3) is 3.59. The number of rotatable bonds is 5. The predicted octanol–water partition coefficient (Wildman–Crippen LogP) is 4.91. The van der Waals surface area contributed by atoms with Gasteiger partial charge in [0.25, 0.3) is 10.0 Å². The summed E-state index contributed by atoms with van der Waals surface area (Å²) >= 11 is 0. The Morgan fingerprint density at radius 2 is 1.77 bits per heavy atom. The summed E-state index contributed by atoms with van der Waals surface area (Å²) in [6.07, 6.45) is 4.71. The van der Waals surface area contributed by atoms with E-state index < -0.39 is 15.8 Å². The van der Waals surface area contributed by atoms with Crippen LogP contribution in [0.2, 0.25) is 0 Å². The summed E-state index contributed by atoms with van der Waals surface area (Å²) in [4.78, 5) is 4.22. The Labute approximate surface area is 174 Å². The molecule has 0 aliphatic heterocycles. The van der Waals surface area contributed by atoms with E-state index in [4.69, 9.17) is 4.74 Å². The van der Waals surface area contributed by atoms with Crippen molar-refractivity contribution in [3.05, 3.63) is 90.6 Å². The summed E-state index contributed by atoms with van der Waals surface area (Å²) in [5.41, 5.74) is 2.62. The van der Waals surface area contributed by atoms with Gasteiger partial charge in [-0.15, -0.1) is 0 Å². The molecule has 7 heteroatoms. The lowest BCUT2D eigenvalue weighted by Crippen LogP contribution is -2.13. The van der Waals surface area contributed by atoms with Crippen LogP contribution in [0.15, 0.2) is 84.1 Å². The first-order chi connectivity index (χ1) is 14.4. The Morgan fingerprint density at radius 3 is 2.53 bits per heavy atom. The summed E-state index contributed by atoms with van der Waals surface area (Å²) in [7, 11) is -2.42. The van der Waals surface area contributed by atoms with Crippen molar-refractivity contribution < 1.29 is 17.5 Å². The van der Waals surface area contributed by atoms with E-state index in [-0.39, 0.29) is 16.2 Å². The average Bonchev–Trinajstić information content (AvgIpc) is 3.16. The smallest absolute Gasteiger partial charge is 0.268 e. The number of benzene rings is 2. The van der Waals surface area contributed by atoms with Crippen molar-refractivity contribution in [1.29, 1.82) is 0 Å². The monoisotopic (exact) mass is 422 g/mol. The third-order valence-corrected chi connectivity index (χ3v) is 6.42. The second-order valence-electron chi connectivity index (χ2n) is 6.82. The van der Waals surface area contributed by atoms with Gasteiger partial charge in [0, 0.05) is 23.5 Å². The first-order valence-electron chi connectivity index (χ1n) is 9.19. The van der Waals surface area contributed by atoms with Crippen LogP contribution in [0.1, 0.15) is 5.56 Å². The number of ether oxygens (including phenoxy) is 1. The maximum atomic E-state index is 14.4. The van der Waals surface area contributed by atoms with Crippen molar-refractivity contribution in [2.75, 3.05) is 7.11 Å². The number of nitrogens with zero attached hydrogens (tertiary/aromatic N) is 2. The fraction of sp³-hybridized carbons (Fsp3) is 0.0870. The van der Waals surface area contributed by atoms with Crippen LogP contribution in [-0.4, -0.2) is 24.5 Å². The Kier molecular flexibility index (Phi) is 5.13. The van der Waals surface area contributed by atoms with Crippen LogP contribution in [0.4, 0.5) is 4.39 Å². The zero-order chi connectivity index (χ0) is 21.3. The summed E-state index contributed by atoms with van der Waals surface area (Å²) in [6.45, 7) is 1.77. The average molecular weight is 422 g/mol. The van der Waals surface area contributed by atoms with Crippen molar-refractivity contribution in [1.82, 2.24) is 8.96 Å². The Balaban J connectivity index is 1.84. The van der Waals surface area contributed by atoms with E-state index >= 15 is 0 Å². The lowest BCUT2D eigenvalue weighted by molar-refractivity contribution is 0.413. The largest absolute Gasteiger partial charge is 0.495 e. The van der Waals surface area contributed by atoms with Gasteiger partial charge in [0.15, 0.2) is 0 Å². The molecule has 0 radical (unpaired) electrons. The number of aryl methyl sites for hydroxylation is 1. The molecule has 0 fully saturated rings. The molecular formula is C23H19FN2O3S. The SMILES string of the molecule is COc1cncc(-c2cccc(S(=O)(=O)n3cc(C)cc3-c3ccccc3F)c2)c1. The van der Waals surface area contributed by atoms with Crippen LogP contribution in [0.3, 0.4) is 0 Å². The number of hydrogen-bond acceptors (Lipinski definition) is 4. The third-order valence-electron chi connectivity index (χ3n) is 4.75. The molecule has 0 spiro atoms. The van der Waals surface area contributed by atoms with Gasteiger partial charge in [0.2, 0.25) is 0 Å². The van der Waals surface area contributed by atoms with Crippen molar-refractivity contribution in [2.45, 2.75) is 11.8 Å². The fourth-order valence-electron chi connectivity index (χ4n) is 3.27. The van der Waals surface area contributed by atoms with E-state index in [1.165, 1.54) is 18.3 Å². The Morgan fingerprint density at radius 1 is 0.967 bits per heavy atom. The summed E-state index contributed by atoms with van der Waals surface area (Å²) in [6, 6.07) is 16.1. The molecule has 4 aromatic rings. The molecule has 2 aromatic carbocycles. The molecule has 0 bridgehead atoms. The highest BCUT2D eigenvalue weighted by molar-refractivity contribution is 7.90. The normalized spacial score (nSPS) is 11.4. The minimum atomic E-state index is -3.96. The number of hydrogen-bond donors (Lipinski definition) is 0. The lowest BCUT2D eigenvalue weighted by Gasteiger charge is -2.12. The first-order valence-corrected chi connectivity index (χ1v) is 10.6. The summed E-state index contributed by atoms with van der Waals surface area (Å²) in [5.74, 6) is 0.0897. The number of pyridine rings is 1. The van der Waals surface area contributed by atoms with Gasteiger partial charge in [-0.2, -0.15) is 0 Å². The maximum absolute atomic E-state index is 14.4. The van der Waals surface area contributed by atoms with Gasteiger partial charge in [-0.25, -0.2) is 16.8 Å². The molecule has 0 aliphatic rings. The molecule has 0 saturated carbocycles. The first kappa shape index (κ1) is 19.8. The standard InChI is InChI=1S/C23H19FN2O3S/c1-16-10-23(21-8-3-4-9-22(21)24)26(15-16)30(27,28)20-7-5-6-17(12-20)18-11-19(29-2)14-25-13-18/h3-15H,1-2H3. The molecule has 0 aliphatic carbocycles. The van der Waals surface area contributed by atoms with Crippen molar-refractivity contribution >= 4 is 10.0 Å². The zero-order valence-corrected chi connectivity index (χ0v) is 17.2. The molecule has 5 nitrogen and oxygen atoms in total. The van der Waals surface area contributed by atoms with Gasteiger partial charge in [-0.05, 0) is 54.4 Å². The molecule has 0 amide bonds. The molecule has 0 saturated heterocycles. The van der Waals surface area contributed by atoms with Crippen LogP contribution in [0.5, 0.6) is 5.75 Å². The topological polar surface area (TPSA) is 61.2 Å². The minimum Gasteiger partial charge on any atom is -0.495 e. The van der Waals surface area contributed by atoms with Gasteiger partial charge >= 0.3 is 0 Å². The minimum absolute atomic E-state index is 0.0935. The highest BCUT2D eigenvalue weighted by Gasteiger charge is 2.23. The van der Waals surface area contributed by atoms with Gasteiger partial charge in [-0.1, -0.05) is 24.3 Å². The van der Waals surface area contributed by atoms with Crippen LogP contribution < -0.4 is 4.74 Å². The molecule has 0 atom stereocenters. The van der Waals surface area contributed by atoms with Crippen LogP contribution in [0, 0.1) is 12.7 Å². The number of methoxy groups -OCH3 is 1. The van der Waals surface area contributed by atoms with Gasteiger partial charge in [0.05, 0.1) is 23.9 Å². The maximum Gasteiger partial charge on any atom is 0.268 e. The highest BCUT2D eigenvalue weighted by atomic mass is 32.2. The second-order valence-corrected chi connectivity index (χ2v) is 8.64. The molecule has 4 rings (SSSR count). The molecule has 30 heavy (non-hydrogen) atoms. The lowest BCUT2D eigenvalue weighted by atomic mass is 10.1. The van der Waals surface area contributed by atoms with Crippen LogP contribution in [0.25, 0.3) is 22.4 Å². The summed E-state index contributed by atoms with van der Waals surface area (Å²) in [5, 5.41) is 0. The summed E-state index contributed by atoms with van der Waals surface area (Å²) < 4.78 is 47.6. The molecule has 152 valence electrons. The molecule has 0 unspecified atom stereocenters. The zero-order valence-electron chi connectivity index (χ0n) is 16.4. The Hall–Kier alpha value is -3.45. The van der Waals surface area contributed by atoms with Crippen LogP contribution >= 0.6 is 0 Å². The predicted molar refractivity (Wildman–Crippen MR) is 113 cm³/mol. The van der Waals surface area contributed by atoms with Gasteiger partial charge < -0.3 is 4.74 Å². The number of halogens is 1. The van der Waals surface area contributed by atoms with Crippen molar-refractivity contribution in [3.8, 4) is 28.1 Å². The molecule has 2 heterocycles. The molecule has 0 N–H and O–H groups in total. The van der Waals surface area contributed by atoms with Gasteiger partial charge in [-0.3, -0.25) is 4.98 Å². The fourth-order valence-corrected chi connectivity index (χ4v) is 4.74. The van der Waals surface area contributed by atoms with E-state index in [9.17, 15) is 12.8 Å². The Bertz CT molecular complexity index is 1330. The van der Waals surface area contributed by atoms with Crippen LogP contribution in [-0.2, 0) is 10.0 Å². The van der Waals surface area contributed by atoms with E-state index in [1.807, 2.05) is 0 Å². The van der Waals surface area contributed by atoms with E-state index in [1.54, 1.807) is 75.0 Å². The molecule has 2 aromatic heterocycles. The van der Waals surface area contributed by atoms with E-state index in [0.29, 0.717) is 16.9 Å². The second kappa shape index (κ2) is 7.76. The number of aromatic nitrogens is 2. The molecular weight excluding hydrogens is 403 g/mol.